The molecule has 0 aromatic heterocycles. The van der Waals surface area contributed by atoms with E-state index >= 15 is 0 Å². The molecular formula is C11H11F2IO. The molecule has 1 saturated heterocycles. The number of hydrogen-bond acceptors (Lipinski definition) is 1. The summed E-state index contributed by atoms with van der Waals surface area (Å²) in [6, 6.07) is 3.67. The Hall–Kier alpha value is -0.230. The van der Waals surface area contributed by atoms with Crippen molar-refractivity contribution < 1.29 is 13.5 Å². The lowest BCUT2D eigenvalue weighted by Gasteiger charge is -2.13. The van der Waals surface area contributed by atoms with E-state index in [2.05, 4.69) is 22.6 Å². The summed E-state index contributed by atoms with van der Waals surface area (Å²) in [6.07, 6.45) is 1.77. The molecule has 82 valence electrons. The van der Waals surface area contributed by atoms with Crippen molar-refractivity contribution in [1.82, 2.24) is 0 Å². The molecule has 0 amide bonds. The average molecular weight is 324 g/mol. The first-order valence-corrected chi connectivity index (χ1v) is 6.39. The monoisotopic (exact) mass is 324 g/mol. The molecule has 2 unspecified atom stereocenters. The molecule has 1 aromatic carbocycles. The molecule has 2 rings (SSSR count). The zero-order valence-corrected chi connectivity index (χ0v) is 10.2. The quantitative estimate of drug-likeness (QED) is 0.596. The first kappa shape index (κ1) is 11.3. The molecule has 1 aromatic rings. The minimum absolute atomic E-state index is 0.203. The highest BCUT2D eigenvalue weighted by molar-refractivity contribution is 14.1. The summed E-state index contributed by atoms with van der Waals surface area (Å²) in [7, 11) is 0. The topological polar surface area (TPSA) is 9.23 Å². The Morgan fingerprint density at radius 3 is 2.73 bits per heavy atom. The molecule has 0 spiro atoms. The van der Waals surface area contributed by atoms with Gasteiger partial charge in [-0.15, -0.1) is 0 Å². The van der Waals surface area contributed by atoms with Gasteiger partial charge in [-0.25, -0.2) is 8.78 Å². The van der Waals surface area contributed by atoms with Gasteiger partial charge in [-0.05, 0) is 18.9 Å². The Morgan fingerprint density at radius 2 is 2.13 bits per heavy atom. The highest BCUT2D eigenvalue weighted by Crippen LogP contribution is 2.34. The van der Waals surface area contributed by atoms with Gasteiger partial charge in [-0.1, -0.05) is 28.7 Å². The highest BCUT2D eigenvalue weighted by Gasteiger charge is 2.27. The van der Waals surface area contributed by atoms with E-state index < -0.39 is 11.6 Å². The predicted molar refractivity (Wildman–Crippen MR) is 62.1 cm³/mol. The summed E-state index contributed by atoms with van der Waals surface area (Å²) in [5.74, 6) is -1.05. The van der Waals surface area contributed by atoms with E-state index in [0.29, 0.717) is 5.56 Å². The van der Waals surface area contributed by atoms with Crippen LogP contribution in [0, 0.1) is 11.6 Å². The average Bonchev–Trinajstić information content (AvgIpc) is 2.66. The van der Waals surface area contributed by atoms with Crippen molar-refractivity contribution in [1.29, 1.82) is 0 Å². The van der Waals surface area contributed by atoms with E-state index in [9.17, 15) is 8.78 Å². The van der Waals surface area contributed by atoms with Crippen LogP contribution in [0.2, 0.25) is 0 Å². The lowest BCUT2D eigenvalue weighted by molar-refractivity contribution is 0.0575. The molecule has 2 atom stereocenters. The molecule has 0 N–H and O–H groups in total. The van der Waals surface area contributed by atoms with Crippen LogP contribution in [0.25, 0.3) is 0 Å². The molecule has 1 heterocycles. The first-order valence-electron chi connectivity index (χ1n) is 4.87. The number of alkyl halides is 1. The van der Waals surface area contributed by atoms with E-state index in [-0.39, 0.29) is 12.2 Å². The molecule has 15 heavy (non-hydrogen) atoms. The molecular weight excluding hydrogens is 313 g/mol. The number of hydrogen-bond donors (Lipinski definition) is 0. The second-order valence-electron chi connectivity index (χ2n) is 3.64. The Kier molecular flexibility index (Phi) is 3.56. The van der Waals surface area contributed by atoms with Crippen LogP contribution in [0.3, 0.4) is 0 Å². The third-order valence-electron chi connectivity index (χ3n) is 2.59. The van der Waals surface area contributed by atoms with Crippen LogP contribution in [-0.2, 0) is 4.74 Å². The Bertz CT molecular complexity index is 356. The van der Waals surface area contributed by atoms with Gasteiger partial charge in [0, 0.05) is 16.1 Å². The lowest BCUT2D eigenvalue weighted by Crippen LogP contribution is -2.08. The maximum Gasteiger partial charge on any atom is 0.131 e. The summed E-state index contributed by atoms with van der Waals surface area (Å²) < 4.78 is 32.7. The van der Waals surface area contributed by atoms with Crippen LogP contribution >= 0.6 is 22.6 Å². The molecule has 1 aliphatic rings. The van der Waals surface area contributed by atoms with Crippen molar-refractivity contribution in [2.75, 3.05) is 4.43 Å². The van der Waals surface area contributed by atoms with Gasteiger partial charge in [0.25, 0.3) is 0 Å². The Morgan fingerprint density at radius 1 is 1.33 bits per heavy atom. The van der Waals surface area contributed by atoms with Gasteiger partial charge in [0.2, 0.25) is 0 Å². The summed E-state index contributed by atoms with van der Waals surface area (Å²) in [5.41, 5.74) is 0.476. The molecule has 1 aliphatic heterocycles. The Labute approximate surface area is 101 Å². The fourth-order valence-corrected chi connectivity index (χ4v) is 2.46. The van der Waals surface area contributed by atoms with E-state index in [1.165, 1.54) is 12.1 Å². The van der Waals surface area contributed by atoms with Crippen LogP contribution in [0.1, 0.15) is 24.5 Å². The van der Waals surface area contributed by atoms with Crippen LogP contribution in [-0.4, -0.2) is 10.5 Å². The van der Waals surface area contributed by atoms with E-state index in [4.69, 9.17) is 4.74 Å². The highest BCUT2D eigenvalue weighted by atomic mass is 127. The normalized spacial score (nSPS) is 25.8. The van der Waals surface area contributed by atoms with Crippen LogP contribution in [0.4, 0.5) is 8.78 Å². The fraction of sp³-hybridized carbons (Fsp3) is 0.455. The van der Waals surface area contributed by atoms with Gasteiger partial charge in [0.05, 0.1) is 12.2 Å². The fourth-order valence-electron chi connectivity index (χ4n) is 1.81. The lowest BCUT2D eigenvalue weighted by atomic mass is 10.1. The molecule has 0 bridgehead atoms. The molecule has 1 nitrogen and oxygen atoms in total. The zero-order chi connectivity index (χ0) is 10.8. The maximum atomic E-state index is 13.4. The molecule has 0 radical (unpaired) electrons. The standard InChI is InChI=1S/C11H11F2IO/c12-7-1-3-9(10(13)5-7)11-4-2-8(6-14)15-11/h1,3,5,8,11H,2,4,6H2. The summed E-state index contributed by atoms with van der Waals surface area (Å²) in [5, 5.41) is 0. The van der Waals surface area contributed by atoms with Crippen molar-refractivity contribution >= 4 is 22.6 Å². The van der Waals surface area contributed by atoms with Gasteiger partial charge in [-0.2, -0.15) is 0 Å². The Balaban J connectivity index is 2.17. The predicted octanol–water partition coefficient (Wildman–Crippen LogP) is 3.62. The van der Waals surface area contributed by atoms with Gasteiger partial charge in [0.1, 0.15) is 11.6 Å². The number of halogens is 3. The number of ether oxygens (including phenoxy) is 1. The smallest absolute Gasteiger partial charge is 0.131 e. The van der Waals surface area contributed by atoms with Crippen molar-refractivity contribution in [3.05, 3.63) is 35.4 Å². The molecule has 0 saturated carbocycles. The SMILES string of the molecule is Fc1ccc(C2CCC(CI)O2)c(F)c1. The summed E-state index contributed by atoms with van der Waals surface area (Å²) >= 11 is 2.25. The van der Waals surface area contributed by atoms with Gasteiger partial charge >= 0.3 is 0 Å². The largest absolute Gasteiger partial charge is 0.369 e. The maximum absolute atomic E-state index is 13.4. The van der Waals surface area contributed by atoms with Gasteiger partial charge < -0.3 is 4.74 Å². The minimum atomic E-state index is -0.542. The van der Waals surface area contributed by atoms with E-state index in [1.807, 2.05) is 0 Å². The third-order valence-corrected chi connectivity index (χ3v) is 3.57. The zero-order valence-electron chi connectivity index (χ0n) is 8.05. The van der Waals surface area contributed by atoms with E-state index in [0.717, 1.165) is 23.3 Å². The molecule has 0 aliphatic carbocycles. The third kappa shape index (κ3) is 2.47. The number of benzene rings is 1. The van der Waals surface area contributed by atoms with Crippen LogP contribution < -0.4 is 0 Å². The van der Waals surface area contributed by atoms with Crippen molar-refractivity contribution in [3.63, 3.8) is 0 Å². The second-order valence-corrected chi connectivity index (χ2v) is 4.53. The first-order chi connectivity index (χ1) is 7.20. The number of rotatable bonds is 2. The van der Waals surface area contributed by atoms with Crippen molar-refractivity contribution in [2.45, 2.75) is 25.0 Å². The van der Waals surface area contributed by atoms with Crippen LogP contribution in [0.15, 0.2) is 18.2 Å². The molecule has 4 heteroatoms. The van der Waals surface area contributed by atoms with E-state index in [1.54, 1.807) is 0 Å². The summed E-state index contributed by atoms with van der Waals surface area (Å²) in [4.78, 5) is 0. The van der Waals surface area contributed by atoms with Crippen molar-refractivity contribution in [2.24, 2.45) is 0 Å². The minimum Gasteiger partial charge on any atom is -0.369 e. The van der Waals surface area contributed by atoms with Crippen LogP contribution in [0.5, 0.6) is 0 Å². The summed E-state index contributed by atoms with van der Waals surface area (Å²) in [6.45, 7) is 0. The van der Waals surface area contributed by atoms with Crippen molar-refractivity contribution in [3.8, 4) is 0 Å². The van der Waals surface area contributed by atoms with Gasteiger partial charge in [0.15, 0.2) is 0 Å². The molecule has 1 fully saturated rings. The second kappa shape index (κ2) is 4.74. The van der Waals surface area contributed by atoms with Gasteiger partial charge in [-0.3, -0.25) is 0 Å².